The summed E-state index contributed by atoms with van der Waals surface area (Å²) in [5, 5.41) is 0.739. The number of hydrogen-bond acceptors (Lipinski definition) is 4. The molecule has 33 heavy (non-hydrogen) atoms. The molecule has 0 N–H and O–H groups in total. The minimum absolute atomic E-state index is 0.602. The predicted molar refractivity (Wildman–Crippen MR) is 133 cm³/mol. The van der Waals surface area contributed by atoms with Crippen LogP contribution in [-0.2, 0) is 19.4 Å². The van der Waals surface area contributed by atoms with Crippen molar-refractivity contribution in [1.82, 2.24) is 9.55 Å². The zero-order valence-corrected chi connectivity index (χ0v) is 20.5. The van der Waals surface area contributed by atoms with Gasteiger partial charge in [-0.05, 0) is 78.9 Å². The van der Waals surface area contributed by atoms with Gasteiger partial charge in [0, 0.05) is 18.0 Å². The molecule has 5 nitrogen and oxygen atoms in total. The lowest BCUT2D eigenvalue weighted by Crippen LogP contribution is -2.07. The summed E-state index contributed by atoms with van der Waals surface area (Å²) < 4.78 is 18.8. The smallest absolute Gasteiger partial charge is 0.203 e. The maximum Gasteiger partial charge on any atom is 0.203 e. The first-order valence-corrected chi connectivity index (χ1v) is 11.3. The van der Waals surface area contributed by atoms with E-state index >= 15 is 0 Å². The van der Waals surface area contributed by atoms with E-state index in [9.17, 15) is 0 Å². The standard InChI is InChI=1S/C27H29ClN2O3/c1-17-12-22-23(13-18(17)2)30(16-19-6-9-21(28)10-7-19)26(29-22)11-8-20-14-24(31-3)27(33-5)25(15-20)32-4/h6-7,9-10,12-15H,8,11,16H2,1-5H3. The molecule has 0 amide bonds. The monoisotopic (exact) mass is 464 g/mol. The summed E-state index contributed by atoms with van der Waals surface area (Å²) in [5.41, 5.74) is 6.96. The molecule has 0 fully saturated rings. The van der Waals surface area contributed by atoms with Crippen molar-refractivity contribution < 1.29 is 14.2 Å². The van der Waals surface area contributed by atoms with E-state index in [1.165, 1.54) is 16.7 Å². The average molecular weight is 465 g/mol. The molecule has 4 aromatic rings. The van der Waals surface area contributed by atoms with Gasteiger partial charge >= 0.3 is 0 Å². The third-order valence-corrected chi connectivity index (χ3v) is 6.31. The van der Waals surface area contributed by atoms with Crippen molar-refractivity contribution in [2.45, 2.75) is 33.2 Å². The van der Waals surface area contributed by atoms with Crippen LogP contribution in [0.4, 0.5) is 0 Å². The van der Waals surface area contributed by atoms with Gasteiger partial charge in [-0.1, -0.05) is 23.7 Å². The van der Waals surface area contributed by atoms with E-state index in [0.29, 0.717) is 17.2 Å². The molecule has 0 aliphatic carbocycles. The number of rotatable bonds is 8. The Morgan fingerprint density at radius 3 is 2.03 bits per heavy atom. The van der Waals surface area contributed by atoms with Crippen molar-refractivity contribution in [2.24, 2.45) is 0 Å². The Bertz CT molecular complexity index is 1250. The lowest BCUT2D eigenvalue weighted by molar-refractivity contribution is 0.324. The number of aromatic nitrogens is 2. The molecule has 0 aliphatic heterocycles. The lowest BCUT2D eigenvalue weighted by atomic mass is 10.1. The van der Waals surface area contributed by atoms with Crippen LogP contribution in [0.2, 0.25) is 5.02 Å². The fourth-order valence-corrected chi connectivity index (χ4v) is 4.23. The highest BCUT2D eigenvalue weighted by atomic mass is 35.5. The molecule has 1 heterocycles. The van der Waals surface area contributed by atoms with Gasteiger partial charge in [0.15, 0.2) is 11.5 Å². The number of imidazole rings is 1. The summed E-state index contributed by atoms with van der Waals surface area (Å²) in [5.74, 6) is 2.96. The molecule has 0 bridgehead atoms. The maximum atomic E-state index is 6.10. The van der Waals surface area contributed by atoms with E-state index in [1.54, 1.807) is 21.3 Å². The molecule has 0 atom stereocenters. The van der Waals surface area contributed by atoms with Gasteiger partial charge < -0.3 is 18.8 Å². The normalized spacial score (nSPS) is 11.1. The number of fused-ring (bicyclic) bond motifs is 1. The molecule has 0 spiro atoms. The first kappa shape index (κ1) is 23.0. The van der Waals surface area contributed by atoms with Crippen molar-refractivity contribution in [3.63, 3.8) is 0 Å². The summed E-state index contributed by atoms with van der Waals surface area (Å²) >= 11 is 6.10. The van der Waals surface area contributed by atoms with Gasteiger partial charge in [-0.3, -0.25) is 0 Å². The van der Waals surface area contributed by atoms with Crippen LogP contribution in [0.3, 0.4) is 0 Å². The number of methoxy groups -OCH3 is 3. The van der Waals surface area contributed by atoms with E-state index in [0.717, 1.165) is 46.8 Å². The number of benzene rings is 3. The molecule has 6 heteroatoms. The van der Waals surface area contributed by atoms with Crippen molar-refractivity contribution in [3.8, 4) is 17.2 Å². The van der Waals surface area contributed by atoms with E-state index in [1.807, 2.05) is 24.3 Å². The molecule has 4 rings (SSSR count). The van der Waals surface area contributed by atoms with Gasteiger partial charge in [-0.25, -0.2) is 4.98 Å². The maximum absolute atomic E-state index is 6.10. The highest BCUT2D eigenvalue weighted by molar-refractivity contribution is 6.30. The predicted octanol–water partition coefficient (Wildman–Crippen LogP) is 6.17. The number of hydrogen-bond donors (Lipinski definition) is 0. The zero-order valence-electron chi connectivity index (χ0n) is 19.7. The molecule has 0 aliphatic rings. The van der Waals surface area contributed by atoms with Crippen LogP contribution in [0.15, 0.2) is 48.5 Å². The van der Waals surface area contributed by atoms with Crippen LogP contribution in [0.5, 0.6) is 17.2 Å². The number of nitrogens with zero attached hydrogens (tertiary/aromatic N) is 2. The average Bonchev–Trinajstić information content (AvgIpc) is 3.14. The molecular weight excluding hydrogens is 436 g/mol. The molecule has 0 saturated heterocycles. The molecule has 0 saturated carbocycles. The van der Waals surface area contributed by atoms with Crippen molar-refractivity contribution in [3.05, 3.63) is 81.6 Å². The summed E-state index contributed by atoms with van der Waals surface area (Å²) in [7, 11) is 4.89. The Balaban J connectivity index is 1.70. The van der Waals surface area contributed by atoms with Crippen LogP contribution in [0.1, 0.15) is 28.1 Å². The van der Waals surface area contributed by atoms with Crippen LogP contribution in [0.25, 0.3) is 11.0 Å². The van der Waals surface area contributed by atoms with Crippen molar-refractivity contribution in [2.75, 3.05) is 21.3 Å². The number of aryl methyl sites for hydroxylation is 4. The fraction of sp³-hybridized carbons (Fsp3) is 0.296. The Morgan fingerprint density at radius 2 is 1.42 bits per heavy atom. The van der Waals surface area contributed by atoms with Gasteiger partial charge in [0.05, 0.1) is 32.4 Å². The number of halogens is 1. The quantitative estimate of drug-likeness (QED) is 0.313. The third kappa shape index (κ3) is 4.79. The Hall–Kier alpha value is -3.18. The Kier molecular flexibility index (Phi) is 6.80. The van der Waals surface area contributed by atoms with Gasteiger partial charge in [-0.2, -0.15) is 0 Å². The van der Waals surface area contributed by atoms with Crippen molar-refractivity contribution >= 4 is 22.6 Å². The highest BCUT2D eigenvalue weighted by Gasteiger charge is 2.16. The van der Waals surface area contributed by atoms with E-state index in [2.05, 4.69) is 42.7 Å². The second-order valence-corrected chi connectivity index (χ2v) is 8.64. The van der Waals surface area contributed by atoms with Gasteiger partial charge in [0.2, 0.25) is 5.75 Å². The van der Waals surface area contributed by atoms with Gasteiger partial charge in [-0.15, -0.1) is 0 Å². The first-order valence-electron chi connectivity index (χ1n) is 10.9. The second-order valence-electron chi connectivity index (χ2n) is 8.20. The first-order chi connectivity index (χ1) is 15.9. The molecule has 172 valence electrons. The molecule has 0 radical (unpaired) electrons. The van der Waals surface area contributed by atoms with Crippen LogP contribution >= 0.6 is 11.6 Å². The molecule has 1 aromatic heterocycles. The Morgan fingerprint density at radius 1 is 0.788 bits per heavy atom. The summed E-state index contributed by atoms with van der Waals surface area (Å²) in [6, 6.07) is 16.4. The minimum atomic E-state index is 0.602. The van der Waals surface area contributed by atoms with Crippen LogP contribution in [-0.4, -0.2) is 30.9 Å². The SMILES string of the molecule is COc1cc(CCc2nc3cc(C)c(C)cc3n2Cc2ccc(Cl)cc2)cc(OC)c1OC. The summed E-state index contributed by atoms with van der Waals surface area (Å²) in [6.45, 7) is 5.01. The molecular formula is C27H29ClN2O3. The van der Waals surface area contributed by atoms with Gasteiger partial charge in [0.1, 0.15) is 5.82 Å². The van der Waals surface area contributed by atoms with Gasteiger partial charge in [0.25, 0.3) is 0 Å². The summed E-state index contributed by atoms with van der Waals surface area (Å²) in [6.07, 6.45) is 1.57. The van der Waals surface area contributed by atoms with Crippen LogP contribution < -0.4 is 14.2 Å². The second kappa shape index (κ2) is 9.75. The topological polar surface area (TPSA) is 45.5 Å². The fourth-order valence-electron chi connectivity index (χ4n) is 4.11. The minimum Gasteiger partial charge on any atom is -0.493 e. The zero-order chi connectivity index (χ0) is 23.5. The molecule has 0 unspecified atom stereocenters. The third-order valence-electron chi connectivity index (χ3n) is 6.06. The van der Waals surface area contributed by atoms with Crippen LogP contribution in [0, 0.1) is 13.8 Å². The van der Waals surface area contributed by atoms with E-state index in [4.69, 9.17) is 30.8 Å². The number of ether oxygens (including phenoxy) is 3. The highest BCUT2D eigenvalue weighted by Crippen LogP contribution is 2.38. The summed E-state index contributed by atoms with van der Waals surface area (Å²) in [4.78, 5) is 5.01. The largest absolute Gasteiger partial charge is 0.493 e. The lowest BCUT2D eigenvalue weighted by Gasteiger charge is -2.14. The molecule has 3 aromatic carbocycles. The van der Waals surface area contributed by atoms with E-state index < -0.39 is 0 Å². The van der Waals surface area contributed by atoms with E-state index in [-0.39, 0.29) is 0 Å². The van der Waals surface area contributed by atoms with Crippen molar-refractivity contribution in [1.29, 1.82) is 0 Å². The Labute approximate surface area is 199 Å².